The summed E-state index contributed by atoms with van der Waals surface area (Å²) in [6.07, 6.45) is 2.53. The maximum absolute atomic E-state index is 3.33. The molecule has 0 amide bonds. The van der Waals surface area contributed by atoms with Crippen LogP contribution in [-0.4, -0.2) is 26.2 Å². The Bertz CT molecular complexity index is 482. The van der Waals surface area contributed by atoms with E-state index in [0.29, 0.717) is 0 Å². The number of fused-ring (bicyclic) bond motifs is 1. The topological polar surface area (TPSA) is 15.3 Å². The van der Waals surface area contributed by atoms with E-state index in [9.17, 15) is 0 Å². The van der Waals surface area contributed by atoms with Gasteiger partial charge in [-0.2, -0.15) is 0 Å². The van der Waals surface area contributed by atoms with Gasteiger partial charge in [-0.1, -0.05) is 23.3 Å². The smallest absolute Gasteiger partial charge is 0.0401 e. The molecule has 2 nitrogen and oxygen atoms in total. The van der Waals surface area contributed by atoms with E-state index in [4.69, 9.17) is 0 Å². The summed E-state index contributed by atoms with van der Waals surface area (Å²) < 4.78 is 0. The minimum atomic E-state index is 1.10. The molecular weight excluding hydrogens is 220 g/mol. The molecule has 2 aliphatic heterocycles. The first kappa shape index (κ1) is 11.8. The molecule has 1 fully saturated rings. The summed E-state index contributed by atoms with van der Waals surface area (Å²) in [5.41, 5.74) is 7.54. The number of hydrogen-bond acceptors (Lipinski definition) is 2. The van der Waals surface area contributed by atoms with E-state index < -0.39 is 0 Å². The predicted molar refractivity (Wildman–Crippen MR) is 77.3 cm³/mol. The van der Waals surface area contributed by atoms with E-state index in [0.717, 1.165) is 19.6 Å². The summed E-state index contributed by atoms with van der Waals surface area (Å²) in [5, 5.41) is 3.33. The second-order valence-corrected chi connectivity index (χ2v) is 5.64. The number of hydrogen-bond donors (Lipinski definition) is 1. The van der Waals surface area contributed by atoms with E-state index in [1.807, 2.05) is 0 Å². The van der Waals surface area contributed by atoms with E-state index in [1.54, 1.807) is 11.1 Å². The maximum atomic E-state index is 3.33. The highest BCUT2D eigenvalue weighted by Crippen LogP contribution is 2.29. The fourth-order valence-corrected chi connectivity index (χ4v) is 2.92. The van der Waals surface area contributed by atoms with Crippen LogP contribution in [0.1, 0.15) is 24.5 Å². The molecule has 1 aromatic rings. The number of nitrogens with zero attached hydrogens (tertiary/aromatic N) is 1. The zero-order chi connectivity index (χ0) is 12.5. The summed E-state index contributed by atoms with van der Waals surface area (Å²) >= 11 is 0. The highest BCUT2D eigenvalue weighted by atomic mass is 15.1. The molecule has 3 rings (SSSR count). The molecule has 2 heteroatoms. The van der Waals surface area contributed by atoms with Crippen LogP contribution in [0.3, 0.4) is 0 Å². The SMILES string of the molecule is CC(CN1CCCc2cc(C)ccc21)=C1CNC1. The van der Waals surface area contributed by atoms with Crippen LogP contribution in [0.25, 0.3) is 0 Å². The molecule has 0 unspecified atom stereocenters. The summed E-state index contributed by atoms with van der Waals surface area (Å²) in [4.78, 5) is 2.55. The van der Waals surface area contributed by atoms with Gasteiger partial charge >= 0.3 is 0 Å². The lowest BCUT2D eigenvalue weighted by atomic mass is 9.98. The Morgan fingerprint density at radius 1 is 1.33 bits per heavy atom. The average Bonchev–Trinajstić information content (AvgIpc) is 2.26. The van der Waals surface area contributed by atoms with Gasteiger partial charge in [-0.05, 0) is 43.9 Å². The average molecular weight is 242 g/mol. The highest BCUT2D eigenvalue weighted by Gasteiger charge is 2.19. The van der Waals surface area contributed by atoms with Crippen molar-refractivity contribution < 1.29 is 0 Å². The van der Waals surface area contributed by atoms with Gasteiger partial charge in [0.1, 0.15) is 0 Å². The summed E-state index contributed by atoms with van der Waals surface area (Å²) in [6.45, 7) is 8.98. The van der Waals surface area contributed by atoms with Crippen LogP contribution in [-0.2, 0) is 6.42 Å². The number of anilines is 1. The summed E-state index contributed by atoms with van der Waals surface area (Å²) in [6, 6.07) is 6.90. The minimum absolute atomic E-state index is 1.10. The quantitative estimate of drug-likeness (QED) is 0.802. The van der Waals surface area contributed by atoms with Crippen molar-refractivity contribution in [3.05, 3.63) is 40.5 Å². The van der Waals surface area contributed by atoms with Gasteiger partial charge in [0.2, 0.25) is 0 Å². The molecule has 0 aliphatic carbocycles. The van der Waals surface area contributed by atoms with Gasteiger partial charge in [-0.3, -0.25) is 0 Å². The Morgan fingerprint density at radius 2 is 2.17 bits per heavy atom. The standard InChI is InChI=1S/C16H22N2/c1-12-5-6-16-14(8-12)4-3-7-18(16)11-13(2)15-9-17-10-15/h5-6,8,17H,3-4,7,9-11H2,1-2H3. The van der Waals surface area contributed by atoms with E-state index in [-0.39, 0.29) is 0 Å². The third-order valence-electron chi connectivity index (χ3n) is 4.16. The minimum Gasteiger partial charge on any atom is -0.367 e. The van der Waals surface area contributed by atoms with Crippen molar-refractivity contribution in [3.8, 4) is 0 Å². The summed E-state index contributed by atoms with van der Waals surface area (Å²) in [7, 11) is 0. The van der Waals surface area contributed by atoms with Gasteiger partial charge in [-0.25, -0.2) is 0 Å². The van der Waals surface area contributed by atoms with Gasteiger partial charge in [0.25, 0.3) is 0 Å². The van der Waals surface area contributed by atoms with Crippen LogP contribution >= 0.6 is 0 Å². The van der Waals surface area contributed by atoms with Crippen LogP contribution in [0, 0.1) is 6.92 Å². The number of benzene rings is 1. The molecule has 0 radical (unpaired) electrons. The second kappa shape index (κ2) is 4.77. The molecule has 0 atom stereocenters. The molecule has 2 heterocycles. The van der Waals surface area contributed by atoms with Crippen LogP contribution in [0.15, 0.2) is 29.3 Å². The lowest BCUT2D eigenvalue weighted by Crippen LogP contribution is -2.38. The molecule has 2 aliphatic rings. The largest absolute Gasteiger partial charge is 0.367 e. The number of aryl methyl sites for hydroxylation is 2. The maximum Gasteiger partial charge on any atom is 0.0401 e. The van der Waals surface area contributed by atoms with Crippen molar-refractivity contribution in [2.24, 2.45) is 0 Å². The third-order valence-corrected chi connectivity index (χ3v) is 4.16. The van der Waals surface area contributed by atoms with E-state index in [1.165, 1.54) is 36.2 Å². The molecule has 0 bridgehead atoms. The van der Waals surface area contributed by atoms with Gasteiger partial charge < -0.3 is 10.2 Å². The zero-order valence-electron chi connectivity index (χ0n) is 11.4. The van der Waals surface area contributed by atoms with Crippen LogP contribution < -0.4 is 10.2 Å². The molecular formula is C16H22N2. The van der Waals surface area contributed by atoms with Crippen molar-refractivity contribution in [1.29, 1.82) is 0 Å². The molecule has 18 heavy (non-hydrogen) atoms. The van der Waals surface area contributed by atoms with Crippen molar-refractivity contribution in [2.75, 3.05) is 31.1 Å². The molecule has 0 aromatic heterocycles. The predicted octanol–water partition coefficient (Wildman–Crippen LogP) is 2.67. The van der Waals surface area contributed by atoms with Crippen LogP contribution in [0.5, 0.6) is 0 Å². The highest BCUT2D eigenvalue weighted by molar-refractivity contribution is 5.57. The zero-order valence-corrected chi connectivity index (χ0v) is 11.4. The first-order chi connectivity index (χ1) is 8.74. The van der Waals surface area contributed by atoms with Gasteiger partial charge in [0.15, 0.2) is 0 Å². The van der Waals surface area contributed by atoms with Crippen molar-refractivity contribution in [1.82, 2.24) is 5.32 Å². The lowest BCUT2D eigenvalue weighted by molar-refractivity contribution is 0.645. The Kier molecular flexibility index (Phi) is 3.13. The second-order valence-electron chi connectivity index (χ2n) is 5.64. The van der Waals surface area contributed by atoms with Gasteiger partial charge in [0.05, 0.1) is 0 Å². The van der Waals surface area contributed by atoms with E-state index in [2.05, 4.69) is 42.3 Å². The van der Waals surface area contributed by atoms with Crippen molar-refractivity contribution >= 4 is 5.69 Å². The first-order valence-corrected chi connectivity index (χ1v) is 6.97. The van der Waals surface area contributed by atoms with Crippen LogP contribution in [0.2, 0.25) is 0 Å². The van der Waals surface area contributed by atoms with Crippen LogP contribution in [0.4, 0.5) is 5.69 Å². The lowest BCUT2D eigenvalue weighted by Gasteiger charge is -2.33. The Balaban J connectivity index is 1.83. The fourth-order valence-electron chi connectivity index (χ4n) is 2.92. The van der Waals surface area contributed by atoms with Gasteiger partial charge in [-0.15, -0.1) is 0 Å². The van der Waals surface area contributed by atoms with Crippen molar-refractivity contribution in [2.45, 2.75) is 26.7 Å². The first-order valence-electron chi connectivity index (χ1n) is 6.97. The van der Waals surface area contributed by atoms with E-state index >= 15 is 0 Å². The molecule has 1 N–H and O–H groups in total. The Morgan fingerprint density at radius 3 is 2.89 bits per heavy atom. The Hall–Kier alpha value is -1.28. The van der Waals surface area contributed by atoms with Crippen molar-refractivity contribution in [3.63, 3.8) is 0 Å². The number of nitrogens with one attached hydrogen (secondary N) is 1. The Labute approximate surface area is 110 Å². The molecule has 0 spiro atoms. The molecule has 1 saturated heterocycles. The number of rotatable bonds is 2. The summed E-state index contributed by atoms with van der Waals surface area (Å²) in [5.74, 6) is 0. The third kappa shape index (κ3) is 2.17. The molecule has 96 valence electrons. The molecule has 0 saturated carbocycles. The fraction of sp³-hybridized carbons (Fsp3) is 0.500. The molecule has 1 aromatic carbocycles. The monoisotopic (exact) mass is 242 g/mol. The normalized spacial score (nSPS) is 18.3. The van der Waals surface area contributed by atoms with Gasteiger partial charge in [0, 0.05) is 31.9 Å².